The Labute approximate surface area is 158 Å². The second kappa shape index (κ2) is 6.62. The molecule has 0 atom stereocenters. The van der Waals surface area contributed by atoms with Crippen molar-refractivity contribution in [2.45, 2.75) is 32.6 Å². The number of carbonyl (C=O) groups excluding carboxylic acids is 1. The van der Waals surface area contributed by atoms with Gasteiger partial charge in [-0.1, -0.05) is 35.9 Å². The fraction of sp³-hybridized carbons (Fsp3) is 0.333. The molecule has 26 heavy (non-hydrogen) atoms. The van der Waals surface area contributed by atoms with Gasteiger partial charge >= 0.3 is 5.91 Å². The fourth-order valence-electron chi connectivity index (χ4n) is 4.07. The van der Waals surface area contributed by atoms with Gasteiger partial charge in [-0.25, -0.2) is 4.79 Å². The van der Waals surface area contributed by atoms with E-state index in [1.54, 1.807) is 6.20 Å². The number of halogens is 1. The number of nitrogens with zero attached hydrogens (tertiary/aromatic N) is 2. The standard InChI is InChI=1S/C21H21ClN2O2/c1-14(25)24(26)10-8-16(9-11-24)20-19-5-3-2-4-15(19)6-7-17-12-18(22)13-23-21(17)20/h2-5,12-13H,6-11H2,1H3. The average molecular weight is 369 g/mol. The minimum Gasteiger partial charge on any atom is -0.625 e. The van der Waals surface area contributed by atoms with Crippen LogP contribution in [0.2, 0.25) is 5.02 Å². The van der Waals surface area contributed by atoms with Crippen molar-refractivity contribution in [3.8, 4) is 0 Å². The first kappa shape index (κ1) is 17.4. The predicted molar refractivity (Wildman–Crippen MR) is 102 cm³/mol. The Balaban J connectivity index is 1.86. The first-order valence-electron chi connectivity index (χ1n) is 9.02. The molecular weight excluding hydrogens is 348 g/mol. The van der Waals surface area contributed by atoms with Gasteiger partial charge in [0.05, 0.1) is 30.7 Å². The Morgan fingerprint density at radius 3 is 2.54 bits per heavy atom. The summed E-state index contributed by atoms with van der Waals surface area (Å²) < 4.78 is -0.723. The number of piperidine rings is 1. The van der Waals surface area contributed by atoms with Crippen LogP contribution in [0.3, 0.4) is 0 Å². The number of carbonyl (C=O) groups is 1. The lowest BCUT2D eigenvalue weighted by molar-refractivity contribution is -0.806. The molecule has 1 fully saturated rings. The number of hydrogen-bond acceptors (Lipinski definition) is 3. The summed E-state index contributed by atoms with van der Waals surface area (Å²) in [5.41, 5.74) is 6.98. The summed E-state index contributed by atoms with van der Waals surface area (Å²) in [6.07, 6.45) is 4.77. The summed E-state index contributed by atoms with van der Waals surface area (Å²) in [5, 5.41) is 13.2. The molecule has 1 amide bonds. The molecule has 1 aliphatic carbocycles. The van der Waals surface area contributed by atoms with Crippen molar-refractivity contribution < 1.29 is 9.44 Å². The maximum absolute atomic E-state index is 12.6. The number of quaternary nitrogens is 1. The third-order valence-corrected chi connectivity index (χ3v) is 5.80. The van der Waals surface area contributed by atoms with Crippen molar-refractivity contribution in [1.82, 2.24) is 4.98 Å². The Hall–Kier alpha value is -2.01. The quantitative estimate of drug-likeness (QED) is 0.515. The van der Waals surface area contributed by atoms with E-state index in [-0.39, 0.29) is 5.91 Å². The number of amides is 1. The van der Waals surface area contributed by atoms with E-state index in [0.29, 0.717) is 31.0 Å². The molecule has 2 heterocycles. The number of likely N-dealkylation sites (tertiary alicyclic amines) is 1. The molecule has 1 aromatic heterocycles. The third-order valence-electron chi connectivity index (χ3n) is 5.60. The normalized spacial score (nSPS) is 22.4. The molecule has 2 aromatic rings. The SMILES string of the molecule is CC(=O)[N+]1([O-])CCC(=C2c3ccccc3CCc3cc(Cl)cnc32)CC1. The highest BCUT2D eigenvalue weighted by Crippen LogP contribution is 2.39. The first-order chi connectivity index (χ1) is 12.5. The second-order valence-corrected chi connectivity index (χ2v) is 7.59. The number of benzene rings is 1. The maximum atomic E-state index is 12.6. The smallest absolute Gasteiger partial charge is 0.310 e. The molecule has 0 unspecified atom stereocenters. The minimum absolute atomic E-state index is 0.305. The summed E-state index contributed by atoms with van der Waals surface area (Å²) in [6, 6.07) is 10.4. The lowest BCUT2D eigenvalue weighted by Crippen LogP contribution is -2.50. The van der Waals surface area contributed by atoms with Crippen molar-refractivity contribution >= 4 is 23.1 Å². The molecule has 0 N–H and O–H groups in total. The molecule has 2 aliphatic rings. The van der Waals surface area contributed by atoms with Crippen LogP contribution in [0.5, 0.6) is 0 Å². The van der Waals surface area contributed by atoms with E-state index in [9.17, 15) is 10.0 Å². The minimum atomic E-state index is -0.723. The van der Waals surface area contributed by atoms with Crippen LogP contribution in [0.1, 0.15) is 42.1 Å². The maximum Gasteiger partial charge on any atom is 0.310 e. The van der Waals surface area contributed by atoms with E-state index in [2.05, 4.69) is 23.2 Å². The lowest BCUT2D eigenvalue weighted by Gasteiger charge is -2.43. The molecule has 4 rings (SSSR count). The van der Waals surface area contributed by atoms with Gasteiger partial charge in [-0.15, -0.1) is 0 Å². The average Bonchev–Trinajstić information content (AvgIpc) is 2.79. The van der Waals surface area contributed by atoms with Crippen LogP contribution in [0.15, 0.2) is 42.1 Å². The molecule has 0 spiro atoms. The topological polar surface area (TPSA) is 53.0 Å². The van der Waals surface area contributed by atoms with Crippen LogP contribution in [0.4, 0.5) is 0 Å². The highest BCUT2D eigenvalue weighted by Gasteiger charge is 2.31. The van der Waals surface area contributed by atoms with Gasteiger partial charge in [0.2, 0.25) is 0 Å². The zero-order valence-corrected chi connectivity index (χ0v) is 15.6. The number of aryl methyl sites for hydroxylation is 2. The third kappa shape index (κ3) is 2.98. The van der Waals surface area contributed by atoms with Crippen molar-refractivity contribution in [2.75, 3.05) is 13.1 Å². The number of hydrogen-bond donors (Lipinski definition) is 0. The van der Waals surface area contributed by atoms with Crippen molar-refractivity contribution in [2.24, 2.45) is 0 Å². The largest absolute Gasteiger partial charge is 0.625 e. The summed E-state index contributed by atoms with van der Waals surface area (Å²) in [6.45, 7) is 2.00. The lowest BCUT2D eigenvalue weighted by atomic mass is 9.88. The number of fused-ring (bicyclic) bond motifs is 2. The van der Waals surface area contributed by atoms with Gasteiger partial charge < -0.3 is 5.21 Å². The number of rotatable bonds is 0. The second-order valence-electron chi connectivity index (χ2n) is 7.15. The molecular formula is C21H21ClN2O2. The molecule has 0 bridgehead atoms. The number of hydroxylamine groups is 3. The summed E-state index contributed by atoms with van der Waals surface area (Å²) >= 11 is 6.19. The van der Waals surface area contributed by atoms with Crippen LogP contribution in [0.25, 0.3) is 5.57 Å². The highest BCUT2D eigenvalue weighted by molar-refractivity contribution is 6.30. The Morgan fingerprint density at radius 1 is 1.12 bits per heavy atom. The van der Waals surface area contributed by atoms with Gasteiger partial charge in [0.25, 0.3) is 0 Å². The van der Waals surface area contributed by atoms with Gasteiger partial charge in [-0.3, -0.25) is 9.63 Å². The van der Waals surface area contributed by atoms with Crippen LogP contribution in [-0.4, -0.2) is 28.6 Å². The number of pyridine rings is 1. The molecule has 0 radical (unpaired) electrons. The van der Waals surface area contributed by atoms with E-state index < -0.39 is 4.65 Å². The summed E-state index contributed by atoms with van der Waals surface area (Å²) in [7, 11) is 0. The van der Waals surface area contributed by atoms with E-state index in [0.717, 1.165) is 29.7 Å². The van der Waals surface area contributed by atoms with Crippen LogP contribution in [0, 0.1) is 5.21 Å². The first-order valence-corrected chi connectivity index (χ1v) is 9.40. The monoisotopic (exact) mass is 368 g/mol. The van der Waals surface area contributed by atoms with Crippen LogP contribution >= 0.6 is 11.6 Å². The predicted octanol–water partition coefficient (Wildman–Crippen LogP) is 4.29. The van der Waals surface area contributed by atoms with E-state index in [4.69, 9.17) is 11.6 Å². The molecule has 1 aliphatic heterocycles. The fourth-order valence-corrected chi connectivity index (χ4v) is 4.25. The molecule has 0 saturated carbocycles. The molecule has 4 nitrogen and oxygen atoms in total. The summed E-state index contributed by atoms with van der Waals surface area (Å²) in [5.74, 6) is -0.305. The molecule has 1 saturated heterocycles. The van der Waals surface area contributed by atoms with Crippen LogP contribution < -0.4 is 0 Å². The van der Waals surface area contributed by atoms with Gasteiger partial charge in [0.15, 0.2) is 0 Å². The molecule has 134 valence electrons. The van der Waals surface area contributed by atoms with Gasteiger partial charge in [0.1, 0.15) is 0 Å². The van der Waals surface area contributed by atoms with Gasteiger partial charge in [0, 0.05) is 24.6 Å². The zero-order chi connectivity index (χ0) is 18.3. The molecule has 5 heteroatoms. The Bertz CT molecular complexity index is 910. The Kier molecular flexibility index (Phi) is 4.43. The van der Waals surface area contributed by atoms with E-state index >= 15 is 0 Å². The Morgan fingerprint density at radius 2 is 1.81 bits per heavy atom. The van der Waals surface area contributed by atoms with E-state index in [1.807, 2.05) is 12.1 Å². The van der Waals surface area contributed by atoms with E-state index in [1.165, 1.54) is 23.6 Å². The van der Waals surface area contributed by atoms with Crippen molar-refractivity contribution in [3.05, 3.63) is 74.7 Å². The molecule has 1 aromatic carbocycles. The van der Waals surface area contributed by atoms with Crippen LogP contribution in [-0.2, 0) is 17.6 Å². The number of aromatic nitrogens is 1. The summed E-state index contributed by atoms with van der Waals surface area (Å²) in [4.78, 5) is 16.4. The van der Waals surface area contributed by atoms with Crippen molar-refractivity contribution in [3.63, 3.8) is 0 Å². The van der Waals surface area contributed by atoms with Crippen molar-refractivity contribution in [1.29, 1.82) is 0 Å². The highest BCUT2D eigenvalue weighted by atomic mass is 35.5. The van der Waals surface area contributed by atoms with Gasteiger partial charge in [-0.2, -0.15) is 0 Å². The van der Waals surface area contributed by atoms with Gasteiger partial charge in [-0.05, 0) is 41.2 Å². The zero-order valence-electron chi connectivity index (χ0n) is 14.8.